The van der Waals surface area contributed by atoms with Crippen LogP contribution < -0.4 is 20.5 Å². The molecule has 1 aromatic heterocycles. The smallest absolute Gasteiger partial charge is 0.262 e. The molecule has 0 aromatic carbocycles. The summed E-state index contributed by atoms with van der Waals surface area (Å²) in [6.07, 6.45) is 1.27. The second-order valence-corrected chi connectivity index (χ2v) is 4.44. The van der Waals surface area contributed by atoms with E-state index >= 15 is 0 Å². The summed E-state index contributed by atoms with van der Waals surface area (Å²) in [5.74, 6) is -0.0637. The Morgan fingerprint density at radius 3 is 2.16 bits per heavy atom. The van der Waals surface area contributed by atoms with E-state index in [0.29, 0.717) is 6.54 Å². The van der Waals surface area contributed by atoms with Crippen LogP contribution in [0, 0.1) is 0 Å². The van der Waals surface area contributed by atoms with Crippen molar-refractivity contribution in [2.24, 2.45) is 5.73 Å². The van der Waals surface area contributed by atoms with Crippen LogP contribution in [0.2, 0.25) is 0 Å². The Kier molecular flexibility index (Phi) is 6.51. The topological polar surface area (TPSA) is 99.4 Å². The van der Waals surface area contributed by atoms with Gasteiger partial charge in [-0.3, -0.25) is 4.79 Å². The Morgan fingerprint density at radius 2 is 1.79 bits per heavy atom. The van der Waals surface area contributed by atoms with E-state index in [-0.39, 0.29) is 35.6 Å². The summed E-state index contributed by atoms with van der Waals surface area (Å²) in [6, 6.07) is 0. The standard InChI is InChI=1S/C11H18N4O3.ClH/c1-11(2,12)5-13-8(16)7-9(17-3)14-6-15-10(7)18-4;/h6H,5,12H2,1-4H3,(H,13,16);1H. The number of ether oxygens (including phenoxy) is 2. The minimum atomic E-state index is -0.508. The fraction of sp³-hybridized carbons (Fsp3) is 0.545. The van der Waals surface area contributed by atoms with E-state index in [1.165, 1.54) is 20.5 Å². The van der Waals surface area contributed by atoms with Gasteiger partial charge in [-0.15, -0.1) is 12.4 Å². The van der Waals surface area contributed by atoms with Crippen molar-refractivity contribution in [2.45, 2.75) is 19.4 Å². The number of methoxy groups -OCH3 is 2. The minimum Gasteiger partial charge on any atom is -0.480 e. The second kappa shape index (κ2) is 7.10. The van der Waals surface area contributed by atoms with Crippen molar-refractivity contribution in [3.05, 3.63) is 11.9 Å². The van der Waals surface area contributed by atoms with E-state index < -0.39 is 5.54 Å². The maximum Gasteiger partial charge on any atom is 0.262 e. The molecule has 0 aliphatic carbocycles. The van der Waals surface area contributed by atoms with Gasteiger partial charge in [-0.1, -0.05) is 0 Å². The van der Waals surface area contributed by atoms with Crippen molar-refractivity contribution in [3.63, 3.8) is 0 Å². The first-order chi connectivity index (χ1) is 8.39. The molecular formula is C11H19ClN4O3. The number of carbonyl (C=O) groups excluding carboxylic acids is 1. The average Bonchev–Trinajstić information content (AvgIpc) is 2.33. The molecular weight excluding hydrogens is 272 g/mol. The monoisotopic (exact) mass is 290 g/mol. The predicted octanol–water partition coefficient (Wildman–Crippen LogP) is 0.383. The molecule has 3 N–H and O–H groups in total. The van der Waals surface area contributed by atoms with Crippen LogP contribution in [0.1, 0.15) is 24.2 Å². The lowest BCUT2D eigenvalue weighted by molar-refractivity contribution is 0.0938. The maximum absolute atomic E-state index is 12.0. The summed E-state index contributed by atoms with van der Waals surface area (Å²) < 4.78 is 10.0. The molecule has 7 nitrogen and oxygen atoms in total. The molecule has 0 saturated carbocycles. The van der Waals surface area contributed by atoms with E-state index in [1.54, 1.807) is 0 Å². The van der Waals surface area contributed by atoms with Crippen LogP contribution in [-0.2, 0) is 0 Å². The normalized spacial score (nSPS) is 10.4. The first-order valence-electron chi connectivity index (χ1n) is 5.39. The molecule has 0 radical (unpaired) electrons. The number of carbonyl (C=O) groups is 1. The molecule has 19 heavy (non-hydrogen) atoms. The molecule has 0 bridgehead atoms. The first-order valence-corrected chi connectivity index (χ1v) is 5.39. The fourth-order valence-corrected chi connectivity index (χ4v) is 1.25. The quantitative estimate of drug-likeness (QED) is 0.813. The minimum absolute atomic E-state index is 0. The molecule has 1 heterocycles. The van der Waals surface area contributed by atoms with Crippen molar-refractivity contribution in [3.8, 4) is 11.8 Å². The summed E-state index contributed by atoms with van der Waals surface area (Å²) >= 11 is 0. The van der Waals surface area contributed by atoms with Gasteiger partial charge in [-0.25, -0.2) is 9.97 Å². The lowest BCUT2D eigenvalue weighted by Gasteiger charge is -2.19. The highest BCUT2D eigenvalue weighted by Crippen LogP contribution is 2.22. The summed E-state index contributed by atoms with van der Waals surface area (Å²) in [5.41, 5.74) is 5.45. The zero-order valence-electron chi connectivity index (χ0n) is 11.4. The number of hydrogen-bond acceptors (Lipinski definition) is 6. The lowest BCUT2D eigenvalue weighted by Crippen LogP contribution is -2.45. The molecule has 8 heteroatoms. The van der Waals surface area contributed by atoms with Crippen molar-refractivity contribution in [1.29, 1.82) is 0 Å². The highest BCUT2D eigenvalue weighted by Gasteiger charge is 2.22. The van der Waals surface area contributed by atoms with Gasteiger partial charge in [0.25, 0.3) is 5.91 Å². The van der Waals surface area contributed by atoms with Crippen LogP contribution in [0.4, 0.5) is 0 Å². The summed E-state index contributed by atoms with van der Waals surface area (Å²) in [7, 11) is 2.84. The molecule has 1 amide bonds. The van der Waals surface area contributed by atoms with Crippen molar-refractivity contribution < 1.29 is 14.3 Å². The SMILES string of the molecule is COc1ncnc(OC)c1C(=O)NCC(C)(C)N.Cl. The molecule has 0 atom stereocenters. The third-order valence-electron chi connectivity index (χ3n) is 2.10. The van der Waals surface area contributed by atoms with Crippen LogP contribution in [0.15, 0.2) is 6.33 Å². The molecule has 0 aliphatic rings. The Labute approximate surface area is 118 Å². The average molecular weight is 291 g/mol. The van der Waals surface area contributed by atoms with Gasteiger partial charge >= 0.3 is 0 Å². The molecule has 0 spiro atoms. The Balaban J connectivity index is 0.00000324. The first kappa shape index (κ1) is 17.4. The molecule has 0 aliphatic heterocycles. The van der Waals surface area contributed by atoms with E-state index in [0.717, 1.165) is 0 Å². The van der Waals surface area contributed by atoms with Gasteiger partial charge in [0.15, 0.2) is 5.56 Å². The van der Waals surface area contributed by atoms with E-state index in [4.69, 9.17) is 15.2 Å². The third kappa shape index (κ3) is 4.88. The van der Waals surface area contributed by atoms with Crippen LogP contribution in [0.25, 0.3) is 0 Å². The summed E-state index contributed by atoms with van der Waals surface area (Å²) in [4.78, 5) is 19.8. The molecule has 108 valence electrons. The van der Waals surface area contributed by atoms with E-state index in [2.05, 4.69) is 15.3 Å². The van der Waals surface area contributed by atoms with Gasteiger partial charge in [0.1, 0.15) is 6.33 Å². The van der Waals surface area contributed by atoms with Gasteiger partial charge in [0.2, 0.25) is 11.8 Å². The maximum atomic E-state index is 12.0. The number of nitrogens with one attached hydrogen (secondary N) is 1. The van der Waals surface area contributed by atoms with Crippen LogP contribution >= 0.6 is 12.4 Å². The molecule has 0 unspecified atom stereocenters. The molecule has 1 aromatic rings. The Bertz CT molecular complexity index is 412. The number of aromatic nitrogens is 2. The second-order valence-electron chi connectivity index (χ2n) is 4.44. The summed E-state index contributed by atoms with van der Waals surface area (Å²) in [6.45, 7) is 3.93. The lowest BCUT2D eigenvalue weighted by atomic mass is 10.1. The highest BCUT2D eigenvalue weighted by molar-refractivity contribution is 5.98. The Morgan fingerprint density at radius 1 is 1.32 bits per heavy atom. The largest absolute Gasteiger partial charge is 0.480 e. The number of halogens is 1. The number of rotatable bonds is 5. The fourth-order valence-electron chi connectivity index (χ4n) is 1.25. The van der Waals surface area contributed by atoms with Crippen LogP contribution in [-0.4, -0.2) is 42.2 Å². The summed E-state index contributed by atoms with van der Waals surface area (Å²) in [5, 5.41) is 2.68. The van der Waals surface area contributed by atoms with Crippen molar-refractivity contribution >= 4 is 18.3 Å². The molecule has 0 saturated heterocycles. The number of nitrogens with zero attached hydrogens (tertiary/aromatic N) is 2. The van der Waals surface area contributed by atoms with E-state index in [9.17, 15) is 4.79 Å². The molecule has 0 fully saturated rings. The number of hydrogen-bond donors (Lipinski definition) is 2. The highest BCUT2D eigenvalue weighted by atomic mass is 35.5. The Hall–Kier alpha value is -1.60. The van der Waals surface area contributed by atoms with Gasteiger partial charge in [0, 0.05) is 12.1 Å². The van der Waals surface area contributed by atoms with Crippen LogP contribution in [0.5, 0.6) is 11.8 Å². The van der Waals surface area contributed by atoms with Crippen molar-refractivity contribution in [2.75, 3.05) is 20.8 Å². The molecule has 1 rings (SSSR count). The zero-order chi connectivity index (χ0) is 13.8. The number of amides is 1. The van der Waals surface area contributed by atoms with Gasteiger partial charge in [-0.2, -0.15) is 0 Å². The van der Waals surface area contributed by atoms with Crippen LogP contribution in [0.3, 0.4) is 0 Å². The van der Waals surface area contributed by atoms with Gasteiger partial charge < -0.3 is 20.5 Å². The van der Waals surface area contributed by atoms with Gasteiger partial charge in [0.05, 0.1) is 14.2 Å². The van der Waals surface area contributed by atoms with Gasteiger partial charge in [-0.05, 0) is 13.8 Å². The third-order valence-corrected chi connectivity index (χ3v) is 2.10. The van der Waals surface area contributed by atoms with Crippen molar-refractivity contribution in [1.82, 2.24) is 15.3 Å². The number of nitrogens with two attached hydrogens (primary N) is 1. The predicted molar refractivity (Wildman–Crippen MR) is 73.0 cm³/mol. The van der Waals surface area contributed by atoms with E-state index in [1.807, 2.05) is 13.8 Å². The zero-order valence-corrected chi connectivity index (χ0v) is 12.2.